The molecule has 0 rings (SSSR count). The molecule has 0 saturated carbocycles. The van der Waals surface area contributed by atoms with E-state index in [4.69, 9.17) is 5.84 Å². The summed E-state index contributed by atoms with van der Waals surface area (Å²) in [5, 5.41) is 0. The monoisotopic (exact) mass is 201 g/mol. The van der Waals surface area contributed by atoms with Crippen molar-refractivity contribution in [1.82, 2.24) is 10.3 Å². The van der Waals surface area contributed by atoms with E-state index in [0.717, 1.165) is 25.8 Å². The second-order valence-electron chi connectivity index (χ2n) is 3.62. The van der Waals surface area contributed by atoms with Crippen molar-refractivity contribution >= 4 is 5.91 Å². The Morgan fingerprint density at radius 3 is 2.43 bits per heavy atom. The molecule has 0 fully saturated rings. The van der Waals surface area contributed by atoms with Gasteiger partial charge in [-0.15, -0.1) is 0 Å². The molecule has 0 aliphatic rings. The van der Waals surface area contributed by atoms with E-state index < -0.39 is 0 Å². The fraction of sp³-hybridized carbons (Fsp3) is 0.900. The minimum Gasteiger partial charge on any atom is -0.303 e. The average Bonchev–Trinajstić information content (AvgIpc) is 2.19. The third-order valence-electron chi connectivity index (χ3n) is 2.64. The molecule has 0 unspecified atom stereocenters. The summed E-state index contributed by atoms with van der Waals surface area (Å²) in [6, 6.07) is 0.635. The molecule has 4 heteroatoms. The lowest BCUT2D eigenvalue weighted by molar-refractivity contribution is -0.121. The van der Waals surface area contributed by atoms with Gasteiger partial charge in [0.15, 0.2) is 0 Å². The number of nitrogens with one attached hydrogen (secondary N) is 1. The zero-order chi connectivity index (χ0) is 11.0. The Morgan fingerprint density at radius 1 is 1.43 bits per heavy atom. The lowest BCUT2D eigenvalue weighted by Gasteiger charge is -2.25. The standard InChI is InChI=1S/C10H23N3O/c1-4-9(5-2)13(3)8-6-7-10(14)12-11/h9H,4-8,11H2,1-3H3,(H,12,14). The number of carbonyl (C=O) groups is 1. The van der Waals surface area contributed by atoms with Crippen LogP contribution < -0.4 is 11.3 Å². The van der Waals surface area contributed by atoms with E-state index in [1.165, 1.54) is 0 Å². The first-order valence-electron chi connectivity index (χ1n) is 5.35. The van der Waals surface area contributed by atoms with Crippen LogP contribution in [0, 0.1) is 0 Å². The van der Waals surface area contributed by atoms with Crippen molar-refractivity contribution in [3.8, 4) is 0 Å². The third kappa shape index (κ3) is 5.19. The number of hydrogen-bond donors (Lipinski definition) is 2. The van der Waals surface area contributed by atoms with E-state index in [-0.39, 0.29) is 5.91 Å². The van der Waals surface area contributed by atoms with Crippen molar-refractivity contribution in [3.63, 3.8) is 0 Å². The number of hydrogen-bond acceptors (Lipinski definition) is 3. The molecule has 0 atom stereocenters. The maximum Gasteiger partial charge on any atom is 0.233 e. The molecule has 4 nitrogen and oxygen atoms in total. The Kier molecular flexibility index (Phi) is 7.42. The summed E-state index contributed by atoms with van der Waals surface area (Å²) in [7, 11) is 2.11. The summed E-state index contributed by atoms with van der Waals surface area (Å²) in [4.78, 5) is 13.2. The van der Waals surface area contributed by atoms with Crippen LogP contribution in [0.4, 0.5) is 0 Å². The summed E-state index contributed by atoms with van der Waals surface area (Å²) in [6.07, 6.45) is 3.71. The van der Waals surface area contributed by atoms with E-state index in [1.54, 1.807) is 0 Å². The number of rotatable bonds is 7. The maximum atomic E-state index is 10.8. The van der Waals surface area contributed by atoms with Gasteiger partial charge in [0.05, 0.1) is 0 Å². The highest BCUT2D eigenvalue weighted by atomic mass is 16.2. The maximum absolute atomic E-state index is 10.8. The topological polar surface area (TPSA) is 58.4 Å². The molecule has 0 saturated heterocycles. The van der Waals surface area contributed by atoms with Crippen molar-refractivity contribution in [2.75, 3.05) is 13.6 Å². The summed E-state index contributed by atoms with van der Waals surface area (Å²) < 4.78 is 0. The molecule has 0 aliphatic carbocycles. The molecule has 0 aromatic heterocycles. The molecule has 0 spiro atoms. The molecule has 0 bridgehead atoms. The minimum atomic E-state index is -0.0806. The van der Waals surface area contributed by atoms with Crippen LogP contribution in [0.15, 0.2) is 0 Å². The Morgan fingerprint density at radius 2 is 2.00 bits per heavy atom. The second-order valence-corrected chi connectivity index (χ2v) is 3.62. The Labute approximate surface area is 86.8 Å². The molecular weight excluding hydrogens is 178 g/mol. The highest BCUT2D eigenvalue weighted by Gasteiger charge is 2.09. The van der Waals surface area contributed by atoms with Crippen molar-refractivity contribution in [1.29, 1.82) is 0 Å². The number of nitrogens with two attached hydrogens (primary N) is 1. The van der Waals surface area contributed by atoms with Gasteiger partial charge in [0.25, 0.3) is 0 Å². The summed E-state index contributed by atoms with van der Waals surface area (Å²) in [5.41, 5.74) is 2.14. The van der Waals surface area contributed by atoms with E-state index in [0.29, 0.717) is 12.5 Å². The Hall–Kier alpha value is -0.610. The minimum absolute atomic E-state index is 0.0806. The molecule has 0 heterocycles. The first kappa shape index (κ1) is 13.4. The van der Waals surface area contributed by atoms with E-state index in [9.17, 15) is 4.79 Å². The average molecular weight is 201 g/mol. The van der Waals surface area contributed by atoms with Crippen LogP contribution in [0.2, 0.25) is 0 Å². The zero-order valence-electron chi connectivity index (χ0n) is 9.55. The van der Waals surface area contributed by atoms with Gasteiger partial charge in [-0.2, -0.15) is 0 Å². The van der Waals surface area contributed by atoms with Gasteiger partial charge in [0.2, 0.25) is 5.91 Å². The van der Waals surface area contributed by atoms with Gasteiger partial charge in [-0.25, -0.2) is 5.84 Å². The number of hydrazine groups is 1. The normalized spacial score (nSPS) is 11.0. The third-order valence-corrected chi connectivity index (χ3v) is 2.64. The van der Waals surface area contributed by atoms with Gasteiger partial charge in [-0.05, 0) is 32.9 Å². The van der Waals surface area contributed by atoms with Crippen LogP contribution in [0.25, 0.3) is 0 Å². The van der Waals surface area contributed by atoms with Gasteiger partial charge in [0, 0.05) is 12.5 Å². The molecule has 3 N–H and O–H groups in total. The number of amides is 1. The van der Waals surface area contributed by atoms with Crippen molar-refractivity contribution in [3.05, 3.63) is 0 Å². The van der Waals surface area contributed by atoms with Crippen molar-refractivity contribution in [2.24, 2.45) is 5.84 Å². The molecule has 0 radical (unpaired) electrons. The summed E-state index contributed by atoms with van der Waals surface area (Å²) in [5.74, 6) is 4.91. The molecule has 1 amide bonds. The molecule has 0 aromatic rings. The first-order chi connectivity index (χ1) is 6.65. The quantitative estimate of drug-likeness (QED) is 0.365. The van der Waals surface area contributed by atoms with Crippen LogP contribution in [-0.2, 0) is 4.79 Å². The molecule has 0 aliphatic heterocycles. The van der Waals surface area contributed by atoms with Crippen molar-refractivity contribution < 1.29 is 4.79 Å². The van der Waals surface area contributed by atoms with Crippen LogP contribution in [0.5, 0.6) is 0 Å². The largest absolute Gasteiger partial charge is 0.303 e. The number of nitrogens with zero attached hydrogens (tertiary/aromatic N) is 1. The van der Waals surface area contributed by atoms with Crippen LogP contribution in [0.1, 0.15) is 39.5 Å². The van der Waals surface area contributed by atoms with Crippen LogP contribution in [0.3, 0.4) is 0 Å². The highest BCUT2D eigenvalue weighted by molar-refractivity contribution is 5.75. The molecule has 14 heavy (non-hydrogen) atoms. The molecular formula is C10H23N3O. The van der Waals surface area contributed by atoms with Crippen LogP contribution in [-0.4, -0.2) is 30.4 Å². The number of carbonyl (C=O) groups excluding carboxylic acids is 1. The van der Waals surface area contributed by atoms with Gasteiger partial charge < -0.3 is 4.90 Å². The van der Waals surface area contributed by atoms with E-state index in [2.05, 4.69) is 31.2 Å². The SMILES string of the molecule is CCC(CC)N(C)CCCC(=O)NN. The van der Waals surface area contributed by atoms with Crippen molar-refractivity contribution in [2.45, 2.75) is 45.6 Å². The van der Waals surface area contributed by atoms with Gasteiger partial charge in [0.1, 0.15) is 0 Å². The Bertz CT molecular complexity index is 157. The van der Waals surface area contributed by atoms with Crippen LogP contribution >= 0.6 is 0 Å². The predicted octanol–water partition coefficient (Wildman–Crippen LogP) is 0.877. The van der Waals surface area contributed by atoms with Gasteiger partial charge >= 0.3 is 0 Å². The zero-order valence-corrected chi connectivity index (χ0v) is 9.55. The van der Waals surface area contributed by atoms with E-state index in [1.807, 2.05) is 0 Å². The smallest absolute Gasteiger partial charge is 0.233 e. The molecule has 84 valence electrons. The second kappa shape index (κ2) is 7.76. The lowest BCUT2D eigenvalue weighted by Crippen LogP contribution is -2.33. The molecule has 0 aromatic carbocycles. The predicted molar refractivity (Wildman–Crippen MR) is 58.6 cm³/mol. The fourth-order valence-corrected chi connectivity index (χ4v) is 1.66. The Balaban J connectivity index is 3.61. The fourth-order valence-electron chi connectivity index (χ4n) is 1.66. The first-order valence-corrected chi connectivity index (χ1v) is 5.35. The van der Waals surface area contributed by atoms with Gasteiger partial charge in [-0.3, -0.25) is 10.2 Å². The van der Waals surface area contributed by atoms with E-state index >= 15 is 0 Å². The lowest BCUT2D eigenvalue weighted by atomic mass is 10.1. The summed E-state index contributed by atoms with van der Waals surface area (Å²) >= 11 is 0. The van der Waals surface area contributed by atoms with Gasteiger partial charge in [-0.1, -0.05) is 13.8 Å². The summed E-state index contributed by atoms with van der Waals surface area (Å²) in [6.45, 7) is 5.34. The highest BCUT2D eigenvalue weighted by Crippen LogP contribution is 2.06.